The van der Waals surface area contributed by atoms with Crippen LogP contribution in [0.3, 0.4) is 0 Å². The number of pyridine rings is 1. The molecule has 0 aliphatic carbocycles. The lowest BCUT2D eigenvalue weighted by Crippen LogP contribution is -2.38. The van der Waals surface area contributed by atoms with E-state index >= 15 is 0 Å². The molecule has 0 saturated carbocycles. The first kappa shape index (κ1) is 20.6. The fourth-order valence-electron chi connectivity index (χ4n) is 2.70. The summed E-state index contributed by atoms with van der Waals surface area (Å²) in [6.45, 7) is 2.64. The number of aromatic nitrogens is 3. The Kier molecular flexibility index (Phi) is 5.45. The lowest BCUT2D eigenvalue weighted by Gasteiger charge is -2.19. The Hall–Kier alpha value is -3.17. The first-order valence-corrected chi connectivity index (χ1v) is 8.77. The predicted octanol–water partition coefficient (Wildman–Crippen LogP) is 4.71. The van der Waals surface area contributed by atoms with E-state index in [1.165, 1.54) is 16.8 Å². The second kappa shape index (κ2) is 7.69. The molecule has 10 heteroatoms. The third-order valence-corrected chi connectivity index (χ3v) is 4.25. The number of fused-ring (bicyclic) bond motifs is 1. The number of rotatable bonds is 4. The summed E-state index contributed by atoms with van der Waals surface area (Å²) in [7, 11) is 1.02. The fourth-order valence-corrected chi connectivity index (χ4v) is 2.70. The van der Waals surface area contributed by atoms with Crippen LogP contribution in [0.1, 0.15) is 25.3 Å². The molecular formula is C19H19F4N5O. The van der Waals surface area contributed by atoms with Crippen molar-refractivity contribution in [3.63, 3.8) is 0 Å². The molecule has 0 spiro atoms. The third kappa shape index (κ3) is 4.82. The van der Waals surface area contributed by atoms with Gasteiger partial charge in [-0.05, 0) is 35.7 Å². The number of alkyl halides is 3. The van der Waals surface area contributed by atoms with E-state index in [-0.39, 0.29) is 17.3 Å². The summed E-state index contributed by atoms with van der Waals surface area (Å²) in [5, 5.41) is 7.28. The Morgan fingerprint density at radius 3 is 2.66 bits per heavy atom. The number of anilines is 1. The molecule has 0 atom stereocenters. The number of benzene rings is 1. The van der Waals surface area contributed by atoms with Gasteiger partial charge in [0.2, 0.25) is 0 Å². The van der Waals surface area contributed by atoms with Gasteiger partial charge in [-0.2, -0.15) is 13.2 Å². The maximum absolute atomic E-state index is 14.4. The molecule has 0 unspecified atom stereocenters. The lowest BCUT2D eigenvalue weighted by molar-refractivity contribution is -0.137. The highest BCUT2D eigenvalue weighted by molar-refractivity contribution is 5.89. The maximum Gasteiger partial charge on any atom is 0.406 e. The molecule has 0 fully saturated rings. The standard InChI is InChI=1S/C19H19F4N5O/c1-11(2)12-6-13-9-28(26-17(13)24-8-12)16-7-14(4-5-15(16)20)25-18(29)27(3)10-19(21,22)23/h4-9,11H,10H2,1-3H3,(H,25,29). The Labute approximate surface area is 164 Å². The van der Waals surface area contributed by atoms with E-state index in [2.05, 4.69) is 15.4 Å². The molecule has 154 valence electrons. The number of halogens is 4. The van der Waals surface area contributed by atoms with Crippen molar-refractivity contribution in [1.29, 1.82) is 0 Å². The minimum absolute atomic E-state index is 0.0328. The van der Waals surface area contributed by atoms with Gasteiger partial charge in [-0.15, -0.1) is 5.10 Å². The normalized spacial score (nSPS) is 11.9. The molecule has 0 radical (unpaired) electrons. The van der Waals surface area contributed by atoms with Crippen LogP contribution in [0.25, 0.3) is 16.7 Å². The van der Waals surface area contributed by atoms with Gasteiger partial charge in [0, 0.05) is 30.5 Å². The lowest BCUT2D eigenvalue weighted by atomic mass is 10.1. The van der Waals surface area contributed by atoms with Crippen LogP contribution >= 0.6 is 0 Å². The highest BCUT2D eigenvalue weighted by Crippen LogP contribution is 2.23. The first-order chi connectivity index (χ1) is 13.5. The number of amides is 2. The molecule has 0 aliphatic heterocycles. The number of nitrogens with zero attached hydrogens (tertiary/aromatic N) is 4. The molecule has 2 amide bonds. The average molecular weight is 409 g/mol. The first-order valence-electron chi connectivity index (χ1n) is 8.77. The van der Waals surface area contributed by atoms with E-state index in [4.69, 9.17) is 0 Å². The van der Waals surface area contributed by atoms with Gasteiger partial charge in [-0.25, -0.2) is 18.9 Å². The molecule has 29 heavy (non-hydrogen) atoms. The Balaban J connectivity index is 1.87. The van der Waals surface area contributed by atoms with E-state index in [0.717, 1.165) is 24.1 Å². The molecule has 3 rings (SSSR count). The maximum atomic E-state index is 14.4. The van der Waals surface area contributed by atoms with Gasteiger partial charge in [0.1, 0.15) is 18.0 Å². The third-order valence-electron chi connectivity index (χ3n) is 4.25. The molecule has 6 nitrogen and oxygen atoms in total. The molecule has 0 bridgehead atoms. The second-order valence-electron chi connectivity index (χ2n) is 6.98. The van der Waals surface area contributed by atoms with Crippen LogP contribution in [0.2, 0.25) is 0 Å². The van der Waals surface area contributed by atoms with Crippen LogP contribution in [0, 0.1) is 5.82 Å². The Morgan fingerprint density at radius 2 is 2.00 bits per heavy atom. The van der Waals surface area contributed by atoms with Crippen LogP contribution in [0.15, 0.2) is 36.7 Å². The van der Waals surface area contributed by atoms with E-state index in [9.17, 15) is 22.4 Å². The number of hydrogen-bond acceptors (Lipinski definition) is 3. The van der Waals surface area contributed by atoms with E-state index in [1.54, 1.807) is 12.4 Å². The molecule has 1 aromatic carbocycles. The highest BCUT2D eigenvalue weighted by Gasteiger charge is 2.31. The zero-order valence-corrected chi connectivity index (χ0v) is 16.0. The zero-order chi connectivity index (χ0) is 21.3. The molecule has 2 heterocycles. The Bertz CT molecular complexity index is 1040. The molecule has 0 saturated heterocycles. The summed E-state index contributed by atoms with van der Waals surface area (Å²) in [6.07, 6.45) is -1.21. The van der Waals surface area contributed by atoms with E-state index in [1.807, 2.05) is 19.9 Å². The minimum atomic E-state index is -4.52. The minimum Gasteiger partial charge on any atom is -0.318 e. The smallest absolute Gasteiger partial charge is 0.318 e. The monoisotopic (exact) mass is 409 g/mol. The Morgan fingerprint density at radius 1 is 1.28 bits per heavy atom. The molecule has 3 aromatic rings. The van der Waals surface area contributed by atoms with Crippen LogP contribution in [-0.2, 0) is 0 Å². The van der Waals surface area contributed by atoms with E-state index < -0.39 is 24.6 Å². The summed E-state index contributed by atoms with van der Waals surface area (Å²) in [5.41, 5.74) is 1.60. The van der Waals surface area contributed by atoms with E-state index in [0.29, 0.717) is 10.5 Å². The molecular weight excluding hydrogens is 390 g/mol. The number of urea groups is 1. The number of carbonyl (C=O) groups is 1. The van der Waals surface area contributed by atoms with Crippen LogP contribution < -0.4 is 5.32 Å². The summed E-state index contributed by atoms with van der Waals surface area (Å²) in [4.78, 5) is 16.7. The van der Waals surface area contributed by atoms with Gasteiger partial charge < -0.3 is 10.2 Å². The quantitative estimate of drug-likeness (QED) is 0.635. The molecule has 1 N–H and O–H groups in total. The summed E-state index contributed by atoms with van der Waals surface area (Å²) in [5.74, 6) is -0.345. The van der Waals surface area contributed by atoms with Gasteiger partial charge in [0.25, 0.3) is 0 Å². The highest BCUT2D eigenvalue weighted by atomic mass is 19.4. The topological polar surface area (TPSA) is 63.1 Å². The van der Waals surface area contributed by atoms with Gasteiger partial charge in [-0.1, -0.05) is 13.8 Å². The largest absolute Gasteiger partial charge is 0.406 e. The predicted molar refractivity (Wildman–Crippen MR) is 101 cm³/mol. The number of hydrogen-bond donors (Lipinski definition) is 1. The van der Waals surface area contributed by atoms with Crippen LogP contribution in [0.5, 0.6) is 0 Å². The van der Waals surface area contributed by atoms with Crippen molar-refractivity contribution < 1.29 is 22.4 Å². The van der Waals surface area contributed by atoms with Gasteiger partial charge in [0.15, 0.2) is 5.65 Å². The van der Waals surface area contributed by atoms with Gasteiger partial charge in [-0.3, -0.25) is 0 Å². The summed E-state index contributed by atoms with van der Waals surface area (Å²) < 4.78 is 52.9. The van der Waals surface area contributed by atoms with Crippen molar-refractivity contribution in [3.05, 3.63) is 48.0 Å². The van der Waals surface area contributed by atoms with Crippen LogP contribution in [-0.4, -0.2) is 45.5 Å². The SMILES string of the molecule is CC(C)c1cnc2nn(-c3cc(NC(=O)N(C)CC(F)(F)F)ccc3F)cc2c1. The van der Waals surface area contributed by atoms with Crippen molar-refractivity contribution in [1.82, 2.24) is 19.7 Å². The van der Waals surface area contributed by atoms with Gasteiger partial charge >= 0.3 is 12.2 Å². The summed E-state index contributed by atoms with van der Waals surface area (Å²) >= 11 is 0. The zero-order valence-electron chi connectivity index (χ0n) is 16.0. The molecule has 0 aliphatic rings. The van der Waals surface area contributed by atoms with Crippen molar-refractivity contribution in [2.45, 2.75) is 25.9 Å². The van der Waals surface area contributed by atoms with Crippen molar-refractivity contribution in [2.75, 3.05) is 18.9 Å². The van der Waals surface area contributed by atoms with Crippen molar-refractivity contribution >= 4 is 22.8 Å². The molecule has 2 aromatic heterocycles. The number of carbonyl (C=O) groups excluding carboxylic acids is 1. The van der Waals surface area contributed by atoms with Gasteiger partial charge in [0.05, 0.1) is 0 Å². The fraction of sp³-hybridized carbons (Fsp3) is 0.316. The van der Waals surface area contributed by atoms with Crippen molar-refractivity contribution in [3.8, 4) is 5.69 Å². The number of nitrogens with one attached hydrogen (secondary N) is 1. The van der Waals surface area contributed by atoms with Crippen LogP contribution in [0.4, 0.5) is 28.0 Å². The summed E-state index contributed by atoms with van der Waals surface area (Å²) in [6, 6.07) is 4.61. The average Bonchev–Trinajstić information content (AvgIpc) is 3.04. The second-order valence-corrected chi connectivity index (χ2v) is 6.98. The van der Waals surface area contributed by atoms with Crippen molar-refractivity contribution in [2.24, 2.45) is 0 Å².